The van der Waals surface area contributed by atoms with E-state index >= 15 is 0 Å². The van der Waals surface area contributed by atoms with E-state index in [0.29, 0.717) is 36.1 Å². The summed E-state index contributed by atoms with van der Waals surface area (Å²) >= 11 is 1.67. The molecule has 0 saturated carbocycles. The van der Waals surface area contributed by atoms with Crippen molar-refractivity contribution in [3.05, 3.63) is 39.6 Å². The number of fused-ring (bicyclic) bond motifs is 1. The number of aryl methyl sites for hydroxylation is 1. The number of hydrogen-bond donors (Lipinski definition) is 2. The maximum Gasteiger partial charge on any atom is 0.387 e. The molecule has 3 rings (SSSR count). The number of nitrogens with one attached hydrogen (secondary N) is 2. The second-order valence-electron chi connectivity index (χ2n) is 5.77. The fraction of sp³-hybridized carbons (Fsp3) is 0.389. The molecule has 6 nitrogen and oxygen atoms in total. The molecule has 1 aromatic heterocycles. The molecule has 146 valence electrons. The monoisotopic (exact) mass is 397 g/mol. The number of alkyl halides is 2. The Morgan fingerprint density at radius 3 is 2.74 bits per heavy atom. The van der Waals surface area contributed by atoms with Crippen molar-refractivity contribution in [1.29, 1.82) is 0 Å². The fourth-order valence-electron chi connectivity index (χ4n) is 2.55. The summed E-state index contributed by atoms with van der Waals surface area (Å²) in [7, 11) is 0. The van der Waals surface area contributed by atoms with Gasteiger partial charge in [-0.2, -0.15) is 8.78 Å². The summed E-state index contributed by atoms with van der Waals surface area (Å²) in [5.41, 5.74) is 1.70. The Labute approximate surface area is 160 Å². The molecule has 1 aliphatic heterocycles. The first-order valence-corrected chi connectivity index (χ1v) is 9.37. The van der Waals surface area contributed by atoms with Gasteiger partial charge in [0.1, 0.15) is 5.75 Å². The number of rotatable bonds is 7. The van der Waals surface area contributed by atoms with Crippen molar-refractivity contribution >= 4 is 17.3 Å². The Morgan fingerprint density at radius 2 is 2.07 bits per heavy atom. The van der Waals surface area contributed by atoms with Crippen LogP contribution in [0.25, 0.3) is 0 Å². The highest BCUT2D eigenvalue weighted by molar-refractivity contribution is 7.10. The van der Waals surface area contributed by atoms with Crippen LogP contribution in [0.2, 0.25) is 0 Å². The Kier molecular flexibility index (Phi) is 6.33. The number of hydrogen-bond acceptors (Lipinski definition) is 5. The van der Waals surface area contributed by atoms with Gasteiger partial charge >= 0.3 is 6.61 Å². The second kappa shape index (κ2) is 8.90. The number of thiophene rings is 1. The number of nitrogens with zero attached hydrogens (tertiary/aromatic N) is 1. The predicted molar refractivity (Wildman–Crippen MR) is 99.9 cm³/mol. The van der Waals surface area contributed by atoms with E-state index in [0.717, 1.165) is 0 Å². The maximum atomic E-state index is 12.7. The standard InChI is InChI=1S/C18H21F2N3O3S/c1-3-21-18(23-9-16-11(2)4-5-27-16)22-8-12-6-14-15(25-10-24-14)7-13(12)26-17(19)20/h4-7,17H,3,8-10H2,1-2H3,(H2,21,22,23). The normalized spacial score (nSPS) is 13.1. The molecule has 0 spiro atoms. The van der Waals surface area contributed by atoms with Gasteiger partial charge in [0.25, 0.3) is 0 Å². The zero-order valence-corrected chi connectivity index (χ0v) is 15.9. The summed E-state index contributed by atoms with van der Waals surface area (Å²) in [6.07, 6.45) is 0. The highest BCUT2D eigenvalue weighted by Gasteiger charge is 2.20. The highest BCUT2D eigenvalue weighted by atomic mass is 32.1. The van der Waals surface area contributed by atoms with Crippen LogP contribution >= 0.6 is 11.3 Å². The van der Waals surface area contributed by atoms with Gasteiger partial charge in [0.15, 0.2) is 17.5 Å². The average Bonchev–Trinajstić information content (AvgIpc) is 3.25. The number of ether oxygens (including phenoxy) is 3. The van der Waals surface area contributed by atoms with Gasteiger partial charge < -0.3 is 24.8 Å². The quantitative estimate of drug-likeness (QED) is 0.552. The molecule has 1 aromatic carbocycles. The summed E-state index contributed by atoms with van der Waals surface area (Å²) in [6, 6.07) is 5.09. The lowest BCUT2D eigenvalue weighted by Gasteiger charge is -2.13. The zero-order valence-electron chi connectivity index (χ0n) is 15.1. The maximum absolute atomic E-state index is 12.7. The molecule has 9 heteroatoms. The van der Waals surface area contributed by atoms with Crippen molar-refractivity contribution in [2.24, 2.45) is 4.99 Å². The summed E-state index contributed by atoms with van der Waals surface area (Å²) in [5, 5.41) is 8.44. The third-order valence-electron chi connectivity index (χ3n) is 3.91. The molecule has 2 N–H and O–H groups in total. The smallest absolute Gasteiger partial charge is 0.387 e. The van der Waals surface area contributed by atoms with E-state index in [9.17, 15) is 8.78 Å². The van der Waals surface area contributed by atoms with Crippen molar-refractivity contribution in [2.45, 2.75) is 33.5 Å². The molecule has 0 radical (unpaired) electrons. The highest BCUT2D eigenvalue weighted by Crippen LogP contribution is 2.39. The minimum atomic E-state index is -2.93. The van der Waals surface area contributed by atoms with E-state index < -0.39 is 6.61 Å². The van der Waals surface area contributed by atoms with Gasteiger partial charge in [-0.15, -0.1) is 11.3 Å². The molecule has 0 aliphatic carbocycles. The van der Waals surface area contributed by atoms with Gasteiger partial charge in [0.05, 0.1) is 13.1 Å². The van der Waals surface area contributed by atoms with Crippen molar-refractivity contribution in [3.8, 4) is 17.2 Å². The van der Waals surface area contributed by atoms with Gasteiger partial charge in [-0.25, -0.2) is 4.99 Å². The number of halogens is 2. The van der Waals surface area contributed by atoms with Gasteiger partial charge in [-0.3, -0.25) is 0 Å². The number of aliphatic imine (C=N–C) groups is 1. The summed E-state index contributed by atoms with van der Waals surface area (Å²) in [5.74, 6) is 1.50. The lowest BCUT2D eigenvalue weighted by Crippen LogP contribution is -2.36. The largest absolute Gasteiger partial charge is 0.454 e. The Bertz CT molecular complexity index is 811. The lowest BCUT2D eigenvalue weighted by molar-refractivity contribution is -0.0505. The number of benzene rings is 1. The van der Waals surface area contributed by atoms with E-state index in [4.69, 9.17) is 9.47 Å². The molecule has 27 heavy (non-hydrogen) atoms. The van der Waals surface area contributed by atoms with Crippen LogP contribution in [0.15, 0.2) is 28.6 Å². The molecule has 2 aromatic rings. The van der Waals surface area contributed by atoms with Gasteiger partial charge in [-0.05, 0) is 36.9 Å². The zero-order chi connectivity index (χ0) is 19.2. The first-order valence-electron chi connectivity index (χ1n) is 8.49. The van der Waals surface area contributed by atoms with Gasteiger partial charge in [0, 0.05) is 23.1 Å². The SMILES string of the molecule is CCNC(=NCc1cc2c(cc1OC(F)F)OCO2)NCc1sccc1C. The molecule has 0 amide bonds. The van der Waals surface area contributed by atoms with Crippen LogP contribution in [-0.4, -0.2) is 25.9 Å². The van der Waals surface area contributed by atoms with E-state index in [1.807, 2.05) is 12.3 Å². The minimum Gasteiger partial charge on any atom is -0.454 e. The van der Waals surface area contributed by atoms with Crippen LogP contribution < -0.4 is 24.8 Å². The van der Waals surface area contributed by atoms with Crippen LogP contribution in [0, 0.1) is 6.92 Å². The molecule has 0 saturated heterocycles. The first kappa shape index (κ1) is 19.2. The third-order valence-corrected chi connectivity index (χ3v) is 4.93. The third kappa shape index (κ3) is 5.00. The molecule has 0 fully saturated rings. The van der Waals surface area contributed by atoms with Crippen LogP contribution in [0.5, 0.6) is 17.2 Å². The molecule has 2 heterocycles. The van der Waals surface area contributed by atoms with Crippen LogP contribution in [0.4, 0.5) is 8.78 Å². The summed E-state index contributed by atoms with van der Waals surface area (Å²) in [6.45, 7) is 2.60. The molecule has 0 unspecified atom stereocenters. The Hall–Kier alpha value is -2.55. The van der Waals surface area contributed by atoms with Crippen molar-refractivity contribution in [2.75, 3.05) is 13.3 Å². The van der Waals surface area contributed by atoms with E-state index in [1.165, 1.54) is 16.5 Å². The van der Waals surface area contributed by atoms with Crippen molar-refractivity contribution in [3.63, 3.8) is 0 Å². The fourth-order valence-corrected chi connectivity index (χ4v) is 3.40. The lowest BCUT2D eigenvalue weighted by atomic mass is 10.1. The van der Waals surface area contributed by atoms with Crippen LogP contribution in [0.3, 0.4) is 0 Å². The van der Waals surface area contributed by atoms with E-state index in [1.54, 1.807) is 17.4 Å². The topological polar surface area (TPSA) is 64.1 Å². The first-order chi connectivity index (χ1) is 13.1. The second-order valence-corrected chi connectivity index (χ2v) is 6.77. The van der Waals surface area contributed by atoms with Crippen molar-refractivity contribution in [1.82, 2.24) is 10.6 Å². The summed E-state index contributed by atoms with van der Waals surface area (Å²) in [4.78, 5) is 5.70. The molecule has 1 aliphatic rings. The van der Waals surface area contributed by atoms with E-state index in [2.05, 4.69) is 33.4 Å². The predicted octanol–water partition coefficient (Wildman–Crippen LogP) is 3.64. The molecule has 0 atom stereocenters. The van der Waals surface area contributed by atoms with Gasteiger partial charge in [-0.1, -0.05) is 0 Å². The Balaban J connectivity index is 1.75. The summed E-state index contributed by atoms with van der Waals surface area (Å²) < 4.78 is 40.6. The van der Waals surface area contributed by atoms with E-state index in [-0.39, 0.29) is 19.1 Å². The van der Waals surface area contributed by atoms with Crippen LogP contribution in [-0.2, 0) is 13.1 Å². The van der Waals surface area contributed by atoms with Crippen molar-refractivity contribution < 1.29 is 23.0 Å². The van der Waals surface area contributed by atoms with Gasteiger partial charge in [0.2, 0.25) is 6.79 Å². The molecule has 0 bridgehead atoms. The number of guanidine groups is 1. The average molecular weight is 397 g/mol. The van der Waals surface area contributed by atoms with Crippen LogP contribution in [0.1, 0.15) is 22.9 Å². The Morgan fingerprint density at radius 1 is 1.30 bits per heavy atom. The minimum absolute atomic E-state index is 0.0305. The molecular weight excluding hydrogens is 376 g/mol. The molecular formula is C18H21F2N3O3S.